The van der Waals surface area contributed by atoms with E-state index in [1.807, 2.05) is 0 Å². The second-order valence-electron chi connectivity index (χ2n) is 5.33. The van der Waals surface area contributed by atoms with Gasteiger partial charge in [-0.3, -0.25) is 0 Å². The smallest absolute Gasteiger partial charge is 0.0701 e. The first-order valence-corrected chi connectivity index (χ1v) is 10.0. The van der Waals surface area contributed by atoms with Crippen molar-refractivity contribution in [3.05, 3.63) is 31.3 Å². The Bertz CT molecular complexity index is 499. The molecule has 0 heterocycles. The zero-order valence-electron chi connectivity index (χ0n) is 18.4. The Hall–Kier alpha value is -2.35. The molecule has 0 amide bonds. The second kappa shape index (κ2) is 33.3. The Morgan fingerprint density at radius 3 is 0.938 bits per heavy atom. The molecule has 0 aromatic rings. The highest BCUT2D eigenvalue weighted by Gasteiger charge is 1.91. The highest BCUT2D eigenvalue weighted by atomic mass is 16.5. The topological polar surface area (TPSA) is 228 Å². The number of nitrogens with two attached hydrogens (primary N) is 1. The first-order valence-electron chi connectivity index (χ1n) is 10.0. The highest BCUT2D eigenvalue weighted by molar-refractivity contribution is 4.46. The lowest BCUT2D eigenvalue weighted by Crippen LogP contribution is -2.13. The van der Waals surface area contributed by atoms with Crippen LogP contribution in [0.4, 0.5) is 0 Å². The van der Waals surface area contributed by atoms with Crippen molar-refractivity contribution in [2.24, 2.45) is 21.1 Å². The molecule has 0 aromatic heterocycles. The van der Waals surface area contributed by atoms with Gasteiger partial charge in [-0.2, -0.15) is 0 Å². The van der Waals surface area contributed by atoms with Crippen LogP contribution in [0.2, 0.25) is 0 Å². The van der Waals surface area contributed by atoms with Crippen LogP contribution >= 0.6 is 0 Å². The summed E-state index contributed by atoms with van der Waals surface area (Å²) in [6, 6.07) is 0. The lowest BCUT2D eigenvalue weighted by Gasteiger charge is -2.05. The summed E-state index contributed by atoms with van der Waals surface area (Å²) in [5.41, 5.74) is 29.2. The molecule has 0 bridgehead atoms. The van der Waals surface area contributed by atoms with Crippen LogP contribution in [-0.2, 0) is 28.4 Å². The molecule has 0 aliphatic heterocycles. The minimum atomic E-state index is 0.332. The molecule has 184 valence electrons. The Labute approximate surface area is 187 Å². The summed E-state index contributed by atoms with van der Waals surface area (Å²) in [5, 5.41) is 9.95. The third-order valence-electron chi connectivity index (χ3n) is 2.95. The summed E-state index contributed by atoms with van der Waals surface area (Å²) in [7, 11) is 0. The normalized spacial score (nSPS) is 9.66. The molecule has 0 rings (SSSR count). The van der Waals surface area contributed by atoms with E-state index in [0.29, 0.717) is 105 Å². The first-order chi connectivity index (χ1) is 15.8. The number of hydrogen-bond donors (Lipinski definition) is 1. The lowest BCUT2D eigenvalue weighted by molar-refractivity contribution is 0.0175. The van der Waals surface area contributed by atoms with E-state index in [-0.39, 0.29) is 0 Å². The zero-order valence-corrected chi connectivity index (χ0v) is 18.4. The van der Waals surface area contributed by atoms with Crippen LogP contribution < -0.4 is 5.73 Å². The SMILES string of the molecule is [N-]=[N+]=NCCOCCOCCOCCN.[N-]=[N+]=NCCOCCOCCOCCN=[N+]=[N-]. The third-order valence-corrected chi connectivity index (χ3v) is 2.95. The van der Waals surface area contributed by atoms with E-state index in [2.05, 4.69) is 30.1 Å². The van der Waals surface area contributed by atoms with E-state index >= 15 is 0 Å². The molecule has 16 heteroatoms. The Balaban J connectivity index is 0. The maximum absolute atomic E-state index is 7.98. The largest absolute Gasteiger partial charge is 0.379 e. The van der Waals surface area contributed by atoms with Gasteiger partial charge in [0, 0.05) is 40.9 Å². The summed E-state index contributed by atoms with van der Waals surface area (Å²) in [6.07, 6.45) is 0. The van der Waals surface area contributed by atoms with Crippen molar-refractivity contribution in [2.45, 2.75) is 0 Å². The van der Waals surface area contributed by atoms with Gasteiger partial charge >= 0.3 is 0 Å². The van der Waals surface area contributed by atoms with Crippen molar-refractivity contribution in [3.8, 4) is 0 Å². The fourth-order valence-electron chi connectivity index (χ4n) is 1.62. The van der Waals surface area contributed by atoms with Gasteiger partial charge in [-0.15, -0.1) is 0 Å². The Morgan fingerprint density at radius 1 is 0.438 bits per heavy atom. The molecule has 0 radical (unpaired) electrons. The van der Waals surface area contributed by atoms with Crippen molar-refractivity contribution in [1.82, 2.24) is 0 Å². The summed E-state index contributed by atoms with van der Waals surface area (Å²) in [5.74, 6) is 0. The van der Waals surface area contributed by atoms with Gasteiger partial charge in [0.15, 0.2) is 0 Å². The Morgan fingerprint density at radius 2 is 0.688 bits per heavy atom. The van der Waals surface area contributed by atoms with E-state index in [1.54, 1.807) is 0 Å². The summed E-state index contributed by atoms with van der Waals surface area (Å²) in [4.78, 5) is 7.78. The van der Waals surface area contributed by atoms with Crippen LogP contribution in [0.5, 0.6) is 0 Å². The molecular formula is C16H34N10O6. The van der Waals surface area contributed by atoms with E-state index in [4.69, 9.17) is 50.7 Å². The maximum atomic E-state index is 7.98. The van der Waals surface area contributed by atoms with Crippen LogP contribution in [0.25, 0.3) is 31.3 Å². The number of nitrogens with zero attached hydrogens (tertiary/aromatic N) is 9. The van der Waals surface area contributed by atoms with E-state index in [1.165, 1.54) is 0 Å². The number of hydrogen-bond acceptors (Lipinski definition) is 10. The highest BCUT2D eigenvalue weighted by Crippen LogP contribution is 1.83. The zero-order chi connectivity index (χ0) is 23.8. The van der Waals surface area contributed by atoms with Gasteiger partial charge in [-0.05, 0) is 16.6 Å². The molecule has 0 spiro atoms. The molecule has 0 unspecified atom stereocenters. The molecule has 0 atom stereocenters. The monoisotopic (exact) mass is 462 g/mol. The average Bonchev–Trinajstić information content (AvgIpc) is 2.81. The van der Waals surface area contributed by atoms with Gasteiger partial charge in [-0.25, -0.2) is 0 Å². The minimum Gasteiger partial charge on any atom is -0.379 e. The summed E-state index contributed by atoms with van der Waals surface area (Å²) < 4.78 is 30.8. The number of rotatable bonds is 23. The van der Waals surface area contributed by atoms with Gasteiger partial charge in [0.25, 0.3) is 0 Å². The minimum absolute atomic E-state index is 0.332. The molecule has 0 fully saturated rings. The van der Waals surface area contributed by atoms with Gasteiger partial charge in [-0.1, -0.05) is 15.3 Å². The van der Waals surface area contributed by atoms with E-state index < -0.39 is 0 Å². The first kappa shape index (κ1) is 31.8. The van der Waals surface area contributed by atoms with Crippen LogP contribution in [-0.4, -0.2) is 105 Å². The van der Waals surface area contributed by atoms with Crippen LogP contribution in [0.1, 0.15) is 0 Å². The fourth-order valence-corrected chi connectivity index (χ4v) is 1.62. The van der Waals surface area contributed by atoms with Crippen molar-refractivity contribution in [1.29, 1.82) is 0 Å². The fraction of sp³-hybridized carbons (Fsp3) is 1.00. The molecule has 0 aromatic carbocycles. The van der Waals surface area contributed by atoms with E-state index in [9.17, 15) is 0 Å². The molecular weight excluding hydrogens is 428 g/mol. The lowest BCUT2D eigenvalue weighted by atomic mass is 10.7. The van der Waals surface area contributed by atoms with Gasteiger partial charge in [0.2, 0.25) is 0 Å². The van der Waals surface area contributed by atoms with Crippen molar-refractivity contribution >= 4 is 0 Å². The molecule has 0 saturated heterocycles. The molecule has 2 N–H and O–H groups in total. The standard InChI is InChI=1S/C8H16N6O3.C8H18N4O3/c9-13-11-1-3-15-5-7-17-8-6-16-4-2-12-14-10;9-1-3-13-5-7-15-8-6-14-4-2-11-12-10/h1-8H2;1-9H2. The molecule has 32 heavy (non-hydrogen) atoms. The second-order valence-corrected chi connectivity index (χ2v) is 5.33. The van der Waals surface area contributed by atoms with Crippen molar-refractivity contribution in [3.63, 3.8) is 0 Å². The van der Waals surface area contributed by atoms with Crippen molar-refractivity contribution < 1.29 is 28.4 Å². The molecule has 16 nitrogen and oxygen atoms in total. The molecule has 0 aliphatic rings. The van der Waals surface area contributed by atoms with Gasteiger partial charge in [0.1, 0.15) is 0 Å². The van der Waals surface area contributed by atoms with Gasteiger partial charge < -0.3 is 34.2 Å². The van der Waals surface area contributed by atoms with Crippen LogP contribution in [0.3, 0.4) is 0 Å². The average molecular weight is 463 g/mol. The predicted molar refractivity (Wildman–Crippen MR) is 116 cm³/mol. The van der Waals surface area contributed by atoms with Crippen LogP contribution in [0, 0.1) is 0 Å². The molecule has 0 saturated carbocycles. The molecule has 0 aliphatic carbocycles. The van der Waals surface area contributed by atoms with Crippen LogP contribution in [0.15, 0.2) is 15.3 Å². The van der Waals surface area contributed by atoms with Crippen molar-refractivity contribution in [2.75, 3.05) is 105 Å². The number of ether oxygens (including phenoxy) is 6. The third kappa shape index (κ3) is 35.1. The number of azide groups is 3. The Kier molecular flexibility index (Phi) is 33.1. The quantitative estimate of drug-likeness (QED) is 0.102. The summed E-state index contributed by atoms with van der Waals surface area (Å²) >= 11 is 0. The van der Waals surface area contributed by atoms with E-state index in [0.717, 1.165) is 0 Å². The predicted octanol–water partition coefficient (Wildman–Crippen LogP) is 1.96. The summed E-state index contributed by atoms with van der Waals surface area (Å²) in [6.45, 7) is 7.30. The van der Waals surface area contributed by atoms with Gasteiger partial charge in [0.05, 0.1) is 79.3 Å². The maximum Gasteiger partial charge on any atom is 0.0701 e.